The first-order valence-corrected chi connectivity index (χ1v) is 10.2. The number of amides is 1. The molecule has 3 N–H and O–H groups in total. The number of nitrogens with one attached hydrogen (secondary N) is 1. The van der Waals surface area contributed by atoms with Gasteiger partial charge >= 0.3 is 5.97 Å². The van der Waals surface area contributed by atoms with Crippen LogP contribution < -0.4 is 10.5 Å². The summed E-state index contributed by atoms with van der Waals surface area (Å²) in [6.07, 6.45) is 0.834. The molecule has 140 valence electrons. The number of primary sulfonamides is 1. The van der Waals surface area contributed by atoms with Crippen molar-refractivity contribution in [3.05, 3.63) is 51.2 Å². The average molecular weight is 396 g/mol. The summed E-state index contributed by atoms with van der Waals surface area (Å²) in [6, 6.07) is 7.61. The molecule has 0 aliphatic rings. The van der Waals surface area contributed by atoms with Gasteiger partial charge in [-0.25, -0.2) is 18.4 Å². The molecule has 1 amide bonds. The number of aryl methyl sites for hydroxylation is 2. The Morgan fingerprint density at radius 1 is 1.23 bits per heavy atom. The van der Waals surface area contributed by atoms with Gasteiger partial charge in [0.05, 0.1) is 4.90 Å². The van der Waals surface area contributed by atoms with Gasteiger partial charge in [0.15, 0.2) is 6.61 Å². The van der Waals surface area contributed by atoms with Crippen LogP contribution >= 0.6 is 11.3 Å². The summed E-state index contributed by atoms with van der Waals surface area (Å²) in [4.78, 5) is 25.3. The van der Waals surface area contributed by atoms with Crippen molar-refractivity contribution in [2.24, 2.45) is 5.14 Å². The predicted molar refractivity (Wildman–Crippen MR) is 98.4 cm³/mol. The summed E-state index contributed by atoms with van der Waals surface area (Å²) in [6.45, 7) is 3.74. The van der Waals surface area contributed by atoms with Crippen LogP contribution in [-0.2, 0) is 32.5 Å². The first kappa shape index (κ1) is 20.1. The highest BCUT2D eigenvalue weighted by Crippen LogP contribution is 2.22. The second-order valence-electron chi connectivity index (χ2n) is 5.59. The number of nitrogens with two attached hydrogens (primary N) is 1. The second-order valence-corrected chi connectivity index (χ2v) is 8.41. The molecule has 2 aromatic rings. The number of esters is 1. The van der Waals surface area contributed by atoms with Crippen LogP contribution in [-0.4, -0.2) is 26.9 Å². The number of ether oxygens (including phenoxy) is 1. The fourth-order valence-electron chi connectivity index (χ4n) is 2.22. The number of hydrogen-bond donors (Lipinski definition) is 2. The van der Waals surface area contributed by atoms with Crippen LogP contribution in [0, 0.1) is 6.92 Å². The largest absolute Gasteiger partial charge is 0.451 e. The Bertz CT molecular complexity index is 902. The van der Waals surface area contributed by atoms with Crippen LogP contribution in [0.1, 0.15) is 32.6 Å². The fraction of sp³-hybridized carbons (Fsp3) is 0.294. The molecule has 2 rings (SSSR count). The summed E-state index contributed by atoms with van der Waals surface area (Å²) < 4.78 is 27.4. The number of sulfonamides is 1. The van der Waals surface area contributed by atoms with Gasteiger partial charge in [0.25, 0.3) is 5.91 Å². The van der Waals surface area contributed by atoms with Gasteiger partial charge in [-0.3, -0.25) is 4.79 Å². The van der Waals surface area contributed by atoms with Crippen molar-refractivity contribution in [1.82, 2.24) is 5.32 Å². The Morgan fingerprint density at radius 3 is 2.42 bits per heavy atom. The van der Waals surface area contributed by atoms with E-state index < -0.39 is 21.9 Å². The van der Waals surface area contributed by atoms with E-state index in [2.05, 4.69) is 5.32 Å². The first-order chi connectivity index (χ1) is 12.2. The van der Waals surface area contributed by atoms with Crippen LogP contribution in [0.15, 0.2) is 35.2 Å². The minimum absolute atomic E-state index is 0.000744. The number of benzene rings is 1. The maximum atomic E-state index is 12.0. The molecule has 0 atom stereocenters. The molecule has 7 nitrogen and oxygen atoms in total. The highest BCUT2D eigenvalue weighted by Gasteiger charge is 2.14. The second kappa shape index (κ2) is 8.43. The van der Waals surface area contributed by atoms with Gasteiger partial charge < -0.3 is 10.1 Å². The van der Waals surface area contributed by atoms with Gasteiger partial charge in [0.1, 0.15) is 4.88 Å². The van der Waals surface area contributed by atoms with Crippen molar-refractivity contribution in [3.63, 3.8) is 0 Å². The van der Waals surface area contributed by atoms with Crippen LogP contribution in [0.25, 0.3) is 0 Å². The summed E-state index contributed by atoms with van der Waals surface area (Å²) in [5.41, 5.74) is 1.79. The third-order valence-electron chi connectivity index (χ3n) is 3.68. The van der Waals surface area contributed by atoms with Crippen molar-refractivity contribution >= 4 is 33.2 Å². The first-order valence-electron chi connectivity index (χ1n) is 7.85. The average Bonchev–Trinajstić information content (AvgIpc) is 2.98. The molecule has 9 heteroatoms. The van der Waals surface area contributed by atoms with Gasteiger partial charge in [-0.15, -0.1) is 11.3 Å². The Morgan fingerprint density at radius 2 is 1.88 bits per heavy atom. The monoisotopic (exact) mass is 396 g/mol. The summed E-state index contributed by atoms with van der Waals surface area (Å²) in [5, 5.41) is 7.62. The number of carbonyl (C=O) groups excluding carboxylic acids is 2. The Labute approximate surface area is 156 Å². The van der Waals surface area contributed by atoms with Crippen molar-refractivity contribution in [2.75, 3.05) is 6.61 Å². The molecular formula is C17H20N2O5S2. The van der Waals surface area contributed by atoms with E-state index in [4.69, 9.17) is 9.88 Å². The zero-order valence-corrected chi connectivity index (χ0v) is 16.1. The third kappa shape index (κ3) is 5.38. The molecule has 0 spiro atoms. The molecular weight excluding hydrogens is 376 g/mol. The van der Waals surface area contributed by atoms with E-state index in [0.717, 1.165) is 16.9 Å². The SMILES string of the molecule is CCc1cc(C(=O)OCC(=O)NCc2ccc(S(N)(=O)=O)cc2)sc1C. The van der Waals surface area contributed by atoms with Crippen LogP contribution in [0.5, 0.6) is 0 Å². The van der Waals surface area contributed by atoms with E-state index >= 15 is 0 Å². The third-order valence-corrected chi connectivity index (χ3v) is 5.68. The van der Waals surface area contributed by atoms with E-state index in [0.29, 0.717) is 10.4 Å². The molecule has 1 aromatic heterocycles. The van der Waals surface area contributed by atoms with Gasteiger partial charge in [-0.1, -0.05) is 19.1 Å². The molecule has 1 heterocycles. The quantitative estimate of drug-likeness (QED) is 0.692. The van der Waals surface area contributed by atoms with Crippen molar-refractivity contribution in [2.45, 2.75) is 31.7 Å². The van der Waals surface area contributed by atoms with E-state index in [1.54, 1.807) is 18.2 Å². The van der Waals surface area contributed by atoms with Crippen LogP contribution in [0.4, 0.5) is 0 Å². The molecule has 0 radical (unpaired) electrons. The standard InChI is InChI=1S/C17H20N2O5S2/c1-3-13-8-15(25-11(13)2)17(21)24-10-16(20)19-9-12-4-6-14(7-5-12)26(18,22)23/h4-8H,3,9-10H2,1-2H3,(H,19,20)(H2,18,22,23). The molecule has 1 aromatic carbocycles. The lowest BCUT2D eigenvalue weighted by atomic mass is 10.2. The maximum Gasteiger partial charge on any atom is 0.348 e. The predicted octanol–water partition coefficient (Wildman–Crippen LogP) is 1.74. The molecule has 0 bridgehead atoms. The molecule has 26 heavy (non-hydrogen) atoms. The van der Waals surface area contributed by atoms with Crippen molar-refractivity contribution < 1.29 is 22.7 Å². The zero-order chi connectivity index (χ0) is 19.3. The Hall–Kier alpha value is -2.23. The summed E-state index contributed by atoms with van der Waals surface area (Å²) >= 11 is 1.35. The van der Waals surface area contributed by atoms with E-state index in [1.807, 2.05) is 13.8 Å². The number of hydrogen-bond acceptors (Lipinski definition) is 6. The lowest BCUT2D eigenvalue weighted by molar-refractivity contribution is -0.124. The number of rotatable bonds is 7. The van der Waals surface area contributed by atoms with Crippen molar-refractivity contribution in [1.29, 1.82) is 0 Å². The number of carbonyl (C=O) groups is 2. The van der Waals surface area contributed by atoms with E-state index in [1.165, 1.54) is 23.5 Å². The normalized spacial score (nSPS) is 11.2. The highest BCUT2D eigenvalue weighted by atomic mass is 32.2. The van der Waals surface area contributed by atoms with Gasteiger partial charge in [0.2, 0.25) is 10.0 Å². The maximum absolute atomic E-state index is 12.0. The number of thiophene rings is 1. The fourth-order valence-corrected chi connectivity index (χ4v) is 3.75. The zero-order valence-electron chi connectivity index (χ0n) is 14.4. The lowest BCUT2D eigenvalue weighted by Crippen LogP contribution is -2.28. The smallest absolute Gasteiger partial charge is 0.348 e. The van der Waals surface area contributed by atoms with Crippen LogP contribution in [0.3, 0.4) is 0 Å². The highest BCUT2D eigenvalue weighted by molar-refractivity contribution is 7.89. The molecule has 0 unspecified atom stereocenters. The van der Waals surface area contributed by atoms with Crippen LogP contribution in [0.2, 0.25) is 0 Å². The van der Waals surface area contributed by atoms with Crippen molar-refractivity contribution in [3.8, 4) is 0 Å². The summed E-state index contributed by atoms with van der Waals surface area (Å²) in [7, 11) is -3.74. The van der Waals surface area contributed by atoms with Gasteiger partial charge in [-0.2, -0.15) is 0 Å². The summed E-state index contributed by atoms with van der Waals surface area (Å²) in [5.74, 6) is -0.969. The van der Waals surface area contributed by atoms with Gasteiger partial charge in [-0.05, 0) is 42.7 Å². The minimum Gasteiger partial charge on any atom is -0.451 e. The molecule has 0 saturated heterocycles. The lowest BCUT2D eigenvalue weighted by Gasteiger charge is -2.07. The topological polar surface area (TPSA) is 116 Å². The van der Waals surface area contributed by atoms with Gasteiger partial charge in [0, 0.05) is 11.4 Å². The minimum atomic E-state index is -3.74. The van der Waals surface area contributed by atoms with E-state index in [-0.39, 0.29) is 18.0 Å². The van der Waals surface area contributed by atoms with E-state index in [9.17, 15) is 18.0 Å². The molecule has 0 fully saturated rings. The Kier molecular flexibility index (Phi) is 6.52. The Balaban J connectivity index is 1.82. The molecule has 0 aliphatic heterocycles. The molecule has 0 aliphatic carbocycles. The molecule has 0 saturated carbocycles.